The molecule has 1 saturated carbocycles. The number of amides is 1. The summed E-state index contributed by atoms with van der Waals surface area (Å²) in [4.78, 5) is 75.5. The average Bonchev–Trinajstić information content (AvgIpc) is 3.47. The number of Topliss-reactive ketones (excluding diaryl/α,β-unsaturated/α-hetero) is 3. The number of unbranched alkanes of at least 4 members (excludes halogenated alkanes) is 1. The number of ketones is 3. The Balaban J connectivity index is 1.42. The molecule has 3 saturated heterocycles. The average molecular weight is 1100 g/mol. The summed E-state index contributed by atoms with van der Waals surface area (Å²) in [5.74, 6) is -7.99. The number of rotatable bonds is 15. The largest absolute Gasteiger partial charge is 0.460 e. The number of esters is 1. The second-order valence-corrected chi connectivity index (χ2v) is 23.3. The molecule has 0 aromatic carbocycles. The van der Waals surface area contributed by atoms with Gasteiger partial charge in [0.25, 0.3) is 11.7 Å². The van der Waals surface area contributed by atoms with Crippen molar-refractivity contribution < 1.29 is 72.5 Å². The summed E-state index contributed by atoms with van der Waals surface area (Å²) >= 11 is 0. The first kappa shape index (κ1) is 65.3. The van der Waals surface area contributed by atoms with Gasteiger partial charge in [-0.05, 0) is 126 Å². The van der Waals surface area contributed by atoms with Crippen LogP contribution in [-0.2, 0) is 57.1 Å². The maximum atomic E-state index is 14.7. The summed E-state index contributed by atoms with van der Waals surface area (Å²) in [6, 6.07) is -1.15. The topological polar surface area (TPSA) is 217 Å². The first-order chi connectivity index (χ1) is 37.3. The van der Waals surface area contributed by atoms with E-state index in [-0.39, 0.29) is 73.9 Å². The predicted molar refractivity (Wildman–Crippen MR) is 296 cm³/mol. The van der Waals surface area contributed by atoms with Crippen molar-refractivity contribution in [2.75, 3.05) is 73.4 Å². The van der Waals surface area contributed by atoms with Crippen molar-refractivity contribution in [2.45, 2.75) is 199 Å². The third kappa shape index (κ3) is 19.1. The Labute approximate surface area is 465 Å². The highest BCUT2D eigenvalue weighted by Crippen LogP contribution is 2.38. The number of allylic oxidation sites excluding steroid dienone is 6. The Morgan fingerprint density at radius 3 is 2.27 bits per heavy atom. The maximum absolute atomic E-state index is 14.7. The van der Waals surface area contributed by atoms with Crippen LogP contribution in [0.15, 0.2) is 47.6 Å². The van der Waals surface area contributed by atoms with Crippen molar-refractivity contribution in [3.63, 3.8) is 0 Å². The van der Waals surface area contributed by atoms with Gasteiger partial charge in [0.15, 0.2) is 5.78 Å². The second kappa shape index (κ2) is 32.8. The van der Waals surface area contributed by atoms with Crippen molar-refractivity contribution in [2.24, 2.45) is 35.5 Å². The fraction of sp³-hybridized carbons (Fsp3) is 0.787. The van der Waals surface area contributed by atoms with Crippen LogP contribution in [0.4, 0.5) is 0 Å². The molecule has 1 amide bonds. The quantitative estimate of drug-likeness (QED) is 0.0647. The van der Waals surface area contributed by atoms with Crippen LogP contribution in [0.25, 0.3) is 0 Å². The van der Waals surface area contributed by atoms with E-state index in [0.717, 1.165) is 64.1 Å². The van der Waals surface area contributed by atoms with Crippen LogP contribution in [0, 0.1) is 35.5 Å². The van der Waals surface area contributed by atoms with Crippen molar-refractivity contribution in [1.82, 2.24) is 9.80 Å². The fourth-order valence-corrected chi connectivity index (χ4v) is 12.0. The predicted octanol–water partition coefficient (Wildman–Crippen LogP) is 7.07. The van der Waals surface area contributed by atoms with Gasteiger partial charge in [-0.15, -0.1) is 0 Å². The van der Waals surface area contributed by atoms with Crippen LogP contribution >= 0.6 is 0 Å². The molecule has 2 bridgehead atoms. The molecular weight excluding hydrogens is 1000 g/mol. The van der Waals surface area contributed by atoms with E-state index in [0.29, 0.717) is 70.2 Å². The Morgan fingerprint density at radius 2 is 1.55 bits per heavy atom. The number of morpholine rings is 1. The Hall–Kier alpha value is -3.49. The van der Waals surface area contributed by atoms with Gasteiger partial charge in [0.1, 0.15) is 30.1 Å². The number of nitrogens with zero attached hydrogens (tertiary/aromatic N) is 2. The third-order valence-corrected chi connectivity index (χ3v) is 17.1. The van der Waals surface area contributed by atoms with Crippen LogP contribution in [0.2, 0.25) is 0 Å². The Morgan fingerprint density at radius 1 is 0.808 bits per heavy atom. The van der Waals surface area contributed by atoms with E-state index < -0.39 is 77.8 Å². The summed E-state index contributed by atoms with van der Waals surface area (Å²) in [5, 5.41) is 33.2. The van der Waals surface area contributed by atoms with Gasteiger partial charge in [-0.2, -0.15) is 0 Å². The molecular formula is C61H98N2O15. The number of hydrogen-bond donors (Lipinski definition) is 3. The van der Waals surface area contributed by atoms with Gasteiger partial charge < -0.3 is 53.4 Å². The summed E-state index contributed by atoms with van der Waals surface area (Å²) in [7, 11) is 3.09. The highest BCUT2D eigenvalue weighted by molar-refractivity contribution is 6.39. The van der Waals surface area contributed by atoms with Gasteiger partial charge in [0.05, 0.1) is 37.6 Å². The van der Waals surface area contributed by atoms with Crippen LogP contribution in [0.5, 0.6) is 0 Å². The number of methoxy groups -OCH3 is 2. The molecule has 5 aliphatic rings. The van der Waals surface area contributed by atoms with E-state index in [4.69, 9.17) is 33.2 Å². The molecule has 0 aromatic rings. The molecule has 442 valence electrons. The molecule has 1 aliphatic carbocycles. The zero-order valence-corrected chi connectivity index (χ0v) is 48.7. The second-order valence-electron chi connectivity index (χ2n) is 23.3. The lowest BCUT2D eigenvalue weighted by Gasteiger charge is -2.43. The number of ether oxygens (including phenoxy) is 7. The van der Waals surface area contributed by atoms with E-state index >= 15 is 0 Å². The lowest BCUT2D eigenvalue weighted by Crippen LogP contribution is -2.61. The smallest absolute Gasteiger partial charge is 0.329 e. The van der Waals surface area contributed by atoms with Gasteiger partial charge in [-0.1, -0.05) is 71.1 Å². The number of carbonyl (C=O) groups is 5. The van der Waals surface area contributed by atoms with Gasteiger partial charge >= 0.3 is 5.97 Å². The van der Waals surface area contributed by atoms with Crippen LogP contribution in [0.1, 0.15) is 145 Å². The number of carbonyl (C=O) groups excluding carboxylic acids is 5. The summed E-state index contributed by atoms with van der Waals surface area (Å²) in [6.45, 7) is 18.2. The number of aliphatic hydroxyl groups excluding tert-OH is 2. The lowest BCUT2D eigenvalue weighted by atomic mass is 9.78. The van der Waals surface area contributed by atoms with E-state index in [9.17, 15) is 39.3 Å². The number of piperidine rings is 1. The zero-order chi connectivity index (χ0) is 56.9. The summed E-state index contributed by atoms with van der Waals surface area (Å²) in [5.41, 5.74) is 1.26. The van der Waals surface area contributed by atoms with E-state index in [1.165, 1.54) is 12.0 Å². The van der Waals surface area contributed by atoms with E-state index in [2.05, 4.69) is 4.90 Å². The molecule has 5 rings (SSSR count). The zero-order valence-electron chi connectivity index (χ0n) is 48.7. The van der Waals surface area contributed by atoms with Crippen LogP contribution < -0.4 is 0 Å². The number of aliphatic hydroxyl groups is 3. The molecule has 17 nitrogen and oxygen atoms in total. The molecule has 1 unspecified atom stereocenters. The van der Waals surface area contributed by atoms with Crippen molar-refractivity contribution in [3.8, 4) is 0 Å². The monoisotopic (exact) mass is 1100 g/mol. The molecule has 15 atom stereocenters. The van der Waals surface area contributed by atoms with Crippen molar-refractivity contribution in [1.29, 1.82) is 0 Å². The highest BCUT2D eigenvalue weighted by Gasteiger charge is 2.53. The highest BCUT2D eigenvalue weighted by atomic mass is 16.6. The number of cyclic esters (lactones) is 1. The van der Waals surface area contributed by atoms with Crippen molar-refractivity contribution >= 4 is 29.2 Å². The molecule has 78 heavy (non-hydrogen) atoms. The normalized spacial score (nSPS) is 37.1. The number of hydrogen-bond acceptors (Lipinski definition) is 16. The van der Waals surface area contributed by atoms with Gasteiger partial charge in [0, 0.05) is 90.8 Å². The molecule has 0 spiro atoms. The fourth-order valence-electron chi connectivity index (χ4n) is 12.0. The number of fused-ring (bicyclic) bond motifs is 3. The summed E-state index contributed by atoms with van der Waals surface area (Å²) in [6.07, 6.45) is 14.4. The first-order valence-electron chi connectivity index (χ1n) is 29.4. The molecule has 4 heterocycles. The first-order valence-corrected chi connectivity index (χ1v) is 29.4. The molecule has 4 fully saturated rings. The molecule has 3 N–H and O–H groups in total. The third-order valence-electron chi connectivity index (χ3n) is 17.1. The Bertz CT molecular complexity index is 2040. The van der Waals surface area contributed by atoms with Gasteiger partial charge in [-0.3, -0.25) is 24.1 Å². The molecule has 17 heteroatoms. The van der Waals surface area contributed by atoms with Gasteiger partial charge in [0.2, 0.25) is 5.79 Å². The van der Waals surface area contributed by atoms with Crippen LogP contribution in [-0.4, -0.2) is 182 Å². The SMILES string of the molecule is CO[C@@H]1C[C@H](C[C@@H](C)[C@@H]2CC(=O)[C@H](C)/C=C(\C)[C@@H](O)[C@@H](OC)C(=O)[C@H](C)C[C@H](C)/C=C/C=C/C=C(\C)[C@@H](OCCCCO)C[C@@H]3CC[C@@H](C)[C@@](O)(O3)C(=O)C(=O)N3CCCCC3C(=O)O2)CC[C@H]1OCCCN1CCOCC1. The van der Waals surface area contributed by atoms with Crippen molar-refractivity contribution in [3.05, 3.63) is 47.6 Å². The standard InChI is InChI=1S/C61H98N2O15/c1-40-18-11-10-12-19-41(2)52(76-30-16-15-29-64)38-48-23-21-46(7)61(71,78-48)58(68)59(69)63-26-14-13-20-49(63)60(70)77-53(39-50(65)42(3)35-45(6)56(67)57(73-9)55(66)44(5)34-40)43(4)36-47-22-24-51(54(37-47)72-8)75-31-17-25-62-27-32-74-33-28-62/h10-12,18-19,35,40,42-44,46-49,51-54,56-57,64,67,71H,13-17,20-34,36-39H2,1-9H3/b12-10+,18-11+,41-19+,45-35+/t40-,42-,43-,44-,46-,47+,48+,49?,51-,52+,53+,54-,56-,57+,61-/m1/s1. The maximum Gasteiger partial charge on any atom is 0.329 e. The van der Waals surface area contributed by atoms with E-state index in [1.807, 2.05) is 58.1 Å². The minimum Gasteiger partial charge on any atom is -0.460 e. The summed E-state index contributed by atoms with van der Waals surface area (Å²) < 4.78 is 42.6. The van der Waals surface area contributed by atoms with E-state index in [1.54, 1.807) is 34.0 Å². The molecule has 4 aliphatic heterocycles. The Kier molecular flexibility index (Phi) is 27.5. The minimum atomic E-state index is -2.47. The minimum absolute atomic E-state index is 0.00281. The van der Waals surface area contributed by atoms with Crippen LogP contribution in [0.3, 0.4) is 0 Å². The van der Waals surface area contributed by atoms with Gasteiger partial charge in [-0.25, -0.2) is 4.79 Å². The molecule has 0 aromatic heterocycles. The lowest BCUT2D eigenvalue weighted by molar-refractivity contribution is -0.266. The molecule has 0 radical (unpaired) electrons.